The number of aliphatic carboxylic acids is 1. The highest BCUT2D eigenvalue weighted by Gasteiger charge is 2.11. The molecule has 5 nitrogen and oxygen atoms in total. The van der Waals surface area contributed by atoms with E-state index in [0.29, 0.717) is 25.2 Å². The molecule has 1 aromatic rings. The van der Waals surface area contributed by atoms with Crippen LogP contribution >= 0.6 is 12.6 Å². The van der Waals surface area contributed by atoms with E-state index in [4.69, 9.17) is 14.9 Å². The number of ether oxygens (including phenoxy) is 1. The molecule has 1 unspecified atom stereocenters. The number of hydrogen-bond acceptors (Lipinski definition) is 4. The zero-order valence-corrected chi connectivity index (χ0v) is 10.5. The first-order valence-corrected chi connectivity index (χ1v) is 5.89. The third-order valence-corrected chi connectivity index (χ3v) is 2.74. The second-order valence-electron chi connectivity index (χ2n) is 3.68. The van der Waals surface area contributed by atoms with Gasteiger partial charge in [-0.2, -0.15) is 12.6 Å². The lowest BCUT2D eigenvalue weighted by atomic mass is 10.2. The number of rotatable bonds is 7. The molecule has 0 aliphatic carbocycles. The average Bonchev–Trinajstić information content (AvgIpc) is 2.34. The SMILES string of the molecule is O=C(O)c1cccc(OCCCC(S)C(=O)O)c1. The first kappa shape index (κ1) is 14.4. The number of carboxylic acid groups (broad SMARTS) is 2. The van der Waals surface area contributed by atoms with E-state index in [0.717, 1.165) is 0 Å². The van der Waals surface area contributed by atoms with Gasteiger partial charge in [-0.3, -0.25) is 4.79 Å². The van der Waals surface area contributed by atoms with Gasteiger partial charge in [0.25, 0.3) is 0 Å². The van der Waals surface area contributed by atoms with Crippen molar-refractivity contribution < 1.29 is 24.5 Å². The lowest BCUT2D eigenvalue weighted by molar-refractivity contribution is -0.136. The van der Waals surface area contributed by atoms with E-state index in [2.05, 4.69) is 12.6 Å². The van der Waals surface area contributed by atoms with Crippen molar-refractivity contribution in [3.8, 4) is 5.75 Å². The van der Waals surface area contributed by atoms with Crippen molar-refractivity contribution in [2.75, 3.05) is 6.61 Å². The summed E-state index contributed by atoms with van der Waals surface area (Å²) in [5, 5.41) is 16.7. The van der Waals surface area contributed by atoms with E-state index in [1.807, 2.05) is 0 Å². The quantitative estimate of drug-likeness (QED) is 0.521. The molecule has 0 heterocycles. The molecule has 0 amide bonds. The molecule has 1 aromatic carbocycles. The molecule has 0 aromatic heterocycles. The molecule has 0 spiro atoms. The van der Waals surface area contributed by atoms with Crippen LogP contribution in [0, 0.1) is 0 Å². The fourth-order valence-electron chi connectivity index (χ4n) is 1.31. The van der Waals surface area contributed by atoms with Gasteiger partial charge in [0.15, 0.2) is 0 Å². The summed E-state index contributed by atoms with van der Waals surface area (Å²) < 4.78 is 5.34. The van der Waals surface area contributed by atoms with Gasteiger partial charge >= 0.3 is 11.9 Å². The summed E-state index contributed by atoms with van der Waals surface area (Å²) in [7, 11) is 0. The van der Waals surface area contributed by atoms with Gasteiger partial charge in [-0.25, -0.2) is 4.79 Å². The van der Waals surface area contributed by atoms with E-state index < -0.39 is 17.2 Å². The summed E-state index contributed by atoms with van der Waals surface area (Å²) in [6, 6.07) is 6.15. The summed E-state index contributed by atoms with van der Waals surface area (Å²) in [5.74, 6) is -1.51. The lowest BCUT2D eigenvalue weighted by Crippen LogP contribution is -2.14. The third kappa shape index (κ3) is 4.67. The number of carboxylic acids is 2. The molecule has 0 aliphatic heterocycles. The Kier molecular flexibility index (Phi) is 5.51. The van der Waals surface area contributed by atoms with E-state index in [1.54, 1.807) is 12.1 Å². The second kappa shape index (κ2) is 6.90. The Morgan fingerprint density at radius 3 is 2.67 bits per heavy atom. The van der Waals surface area contributed by atoms with Crippen LogP contribution in [-0.4, -0.2) is 34.0 Å². The fourth-order valence-corrected chi connectivity index (χ4v) is 1.49. The van der Waals surface area contributed by atoms with Gasteiger partial charge in [0.2, 0.25) is 0 Å². The number of carbonyl (C=O) groups is 2. The molecule has 0 saturated carbocycles. The van der Waals surface area contributed by atoms with E-state index in [1.165, 1.54) is 12.1 Å². The molecule has 1 atom stereocenters. The van der Waals surface area contributed by atoms with Gasteiger partial charge < -0.3 is 14.9 Å². The molecule has 0 fully saturated rings. The molecule has 0 radical (unpaired) electrons. The van der Waals surface area contributed by atoms with Crippen LogP contribution in [0.1, 0.15) is 23.2 Å². The van der Waals surface area contributed by atoms with Gasteiger partial charge in [-0.05, 0) is 31.0 Å². The van der Waals surface area contributed by atoms with Crippen molar-refractivity contribution in [2.24, 2.45) is 0 Å². The Hall–Kier alpha value is -1.69. The lowest BCUT2D eigenvalue weighted by Gasteiger charge is -2.08. The van der Waals surface area contributed by atoms with Crippen LogP contribution < -0.4 is 4.74 Å². The predicted octanol–water partition coefficient (Wildman–Crippen LogP) is 1.93. The minimum Gasteiger partial charge on any atom is -0.494 e. The van der Waals surface area contributed by atoms with Crippen LogP contribution in [0.4, 0.5) is 0 Å². The third-order valence-electron chi connectivity index (χ3n) is 2.26. The average molecular weight is 270 g/mol. The largest absolute Gasteiger partial charge is 0.494 e. The minimum atomic E-state index is -1.01. The molecule has 0 aliphatic rings. The maximum absolute atomic E-state index is 10.7. The summed E-state index contributed by atoms with van der Waals surface area (Å²) >= 11 is 3.90. The summed E-state index contributed by atoms with van der Waals surface area (Å²) in [6.07, 6.45) is 0.939. The van der Waals surface area contributed by atoms with Gasteiger partial charge in [-0.15, -0.1) is 0 Å². The first-order valence-electron chi connectivity index (χ1n) is 5.37. The van der Waals surface area contributed by atoms with Crippen molar-refractivity contribution in [1.29, 1.82) is 0 Å². The zero-order chi connectivity index (χ0) is 13.5. The first-order chi connectivity index (χ1) is 8.50. The van der Waals surface area contributed by atoms with E-state index in [9.17, 15) is 9.59 Å². The van der Waals surface area contributed by atoms with Gasteiger partial charge in [0.1, 0.15) is 5.75 Å². The van der Waals surface area contributed by atoms with Crippen LogP contribution in [0.25, 0.3) is 0 Å². The molecule has 1 rings (SSSR count). The van der Waals surface area contributed by atoms with Gasteiger partial charge in [0.05, 0.1) is 17.4 Å². The highest BCUT2D eigenvalue weighted by atomic mass is 32.1. The van der Waals surface area contributed by atoms with E-state index >= 15 is 0 Å². The monoisotopic (exact) mass is 270 g/mol. The molecule has 0 saturated heterocycles. The molecule has 18 heavy (non-hydrogen) atoms. The standard InChI is InChI=1S/C12H14O5S/c13-11(14)8-3-1-4-9(7-8)17-6-2-5-10(18)12(15)16/h1,3-4,7,10,18H,2,5-6H2,(H,13,14)(H,15,16). The van der Waals surface area contributed by atoms with Crippen molar-refractivity contribution >= 4 is 24.6 Å². The van der Waals surface area contributed by atoms with Crippen molar-refractivity contribution in [1.82, 2.24) is 0 Å². The van der Waals surface area contributed by atoms with Crippen LogP contribution in [-0.2, 0) is 4.79 Å². The highest BCUT2D eigenvalue weighted by Crippen LogP contribution is 2.14. The molecule has 0 bridgehead atoms. The van der Waals surface area contributed by atoms with Crippen LogP contribution in [0.2, 0.25) is 0 Å². The maximum atomic E-state index is 10.7. The van der Waals surface area contributed by atoms with Gasteiger partial charge in [0, 0.05) is 0 Å². The molecule has 98 valence electrons. The van der Waals surface area contributed by atoms with Crippen LogP contribution in [0.3, 0.4) is 0 Å². The predicted molar refractivity (Wildman–Crippen MR) is 68.5 cm³/mol. The summed E-state index contributed by atoms with van der Waals surface area (Å²) in [4.78, 5) is 21.2. The van der Waals surface area contributed by atoms with Crippen molar-refractivity contribution in [3.63, 3.8) is 0 Å². The molecular weight excluding hydrogens is 256 g/mol. The Morgan fingerprint density at radius 1 is 1.33 bits per heavy atom. The highest BCUT2D eigenvalue weighted by molar-refractivity contribution is 7.81. The Labute approximate surface area is 110 Å². The Morgan fingerprint density at radius 2 is 2.06 bits per heavy atom. The normalized spacial score (nSPS) is 11.8. The minimum absolute atomic E-state index is 0.158. The Bertz CT molecular complexity index is 432. The smallest absolute Gasteiger partial charge is 0.335 e. The van der Waals surface area contributed by atoms with Crippen LogP contribution in [0.15, 0.2) is 24.3 Å². The molecule has 6 heteroatoms. The summed E-state index contributed by atoms with van der Waals surface area (Å²) in [6.45, 7) is 0.327. The molecule has 2 N–H and O–H groups in total. The fraction of sp³-hybridized carbons (Fsp3) is 0.333. The van der Waals surface area contributed by atoms with E-state index in [-0.39, 0.29) is 5.56 Å². The number of hydrogen-bond donors (Lipinski definition) is 3. The summed E-state index contributed by atoms with van der Waals surface area (Å²) in [5.41, 5.74) is 0.158. The maximum Gasteiger partial charge on any atom is 0.335 e. The molecular formula is C12H14O5S. The topological polar surface area (TPSA) is 83.8 Å². The number of benzene rings is 1. The van der Waals surface area contributed by atoms with Crippen molar-refractivity contribution in [2.45, 2.75) is 18.1 Å². The zero-order valence-electron chi connectivity index (χ0n) is 9.57. The van der Waals surface area contributed by atoms with Crippen molar-refractivity contribution in [3.05, 3.63) is 29.8 Å². The van der Waals surface area contributed by atoms with Crippen LogP contribution in [0.5, 0.6) is 5.75 Å². The Balaban J connectivity index is 2.38. The number of aromatic carboxylic acids is 1. The second-order valence-corrected chi connectivity index (χ2v) is 4.30. The van der Waals surface area contributed by atoms with Gasteiger partial charge in [-0.1, -0.05) is 6.07 Å². The number of thiol groups is 1.